The lowest BCUT2D eigenvalue weighted by molar-refractivity contribution is -0.129. The van der Waals surface area contributed by atoms with Crippen molar-refractivity contribution in [3.05, 3.63) is 64.8 Å². The van der Waals surface area contributed by atoms with Crippen LogP contribution in [0.4, 0.5) is 0 Å². The number of rotatable bonds is 9. The summed E-state index contributed by atoms with van der Waals surface area (Å²) >= 11 is 0. The summed E-state index contributed by atoms with van der Waals surface area (Å²) in [5.74, 6) is -0.356. The molecule has 1 amide bonds. The summed E-state index contributed by atoms with van der Waals surface area (Å²) in [5, 5.41) is 10.6. The lowest BCUT2D eigenvalue weighted by Crippen LogP contribution is -2.32. The summed E-state index contributed by atoms with van der Waals surface area (Å²) in [6, 6.07) is 9.67. The molecule has 0 saturated carbocycles. The van der Waals surface area contributed by atoms with Gasteiger partial charge in [-0.3, -0.25) is 9.59 Å². The summed E-state index contributed by atoms with van der Waals surface area (Å²) in [5.41, 5.74) is 0.688. The summed E-state index contributed by atoms with van der Waals surface area (Å²) in [6.45, 7) is 4.88. The average Bonchev–Trinajstić information content (AvgIpc) is 3.25. The van der Waals surface area contributed by atoms with Crippen LogP contribution in [0.3, 0.4) is 0 Å². The van der Waals surface area contributed by atoms with Crippen molar-refractivity contribution in [2.45, 2.75) is 26.3 Å². The number of aliphatic hydroxyl groups is 1. The molecule has 2 heterocycles. The monoisotopic (exact) mass is 399 g/mol. The molecule has 1 atom stereocenters. The van der Waals surface area contributed by atoms with E-state index in [-0.39, 0.29) is 11.3 Å². The van der Waals surface area contributed by atoms with Gasteiger partial charge >= 0.3 is 0 Å². The zero-order valence-corrected chi connectivity index (χ0v) is 16.8. The molecule has 0 aliphatic carbocycles. The van der Waals surface area contributed by atoms with E-state index < -0.39 is 23.5 Å². The first-order valence-electron chi connectivity index (χ1n) is 9.54. The van der Waals surface area contributed by atoms with Gasteiger partial charge in [0.15, 0.2) is 11.5 Å². The summed E-state index contributed by atoms with van der Waals surface area (Å²) in [7, 11) is 1.58. The van der Waals surface area contributed by atoms with Crippen molar-refractivity contribution in [1.29, 1.82) is 0 Å². The molecule has 0 spiro atoms. The van der Waals surface area contributed by atoms with Crippen molar-refractivity contribution >= 4 is 11.7 Å². The molecule has 1 N–H and O–H groups in total. The van der Waals surface area contributed by atoms with Crippen LogP contribution in [0, 0.1) is 6.92 Å². The van der Waals surface area contributed by atoms with Gasteiger partial charge in [0.05, 0.1) is 18.2 Å². The molecular weight excluding hydrogens is 374 g/mol. The zero-order valence-electron chi connectivity index (χ0n) is 16.8. The van der Waals surface area contributed by atoms with Crippen molar-refractivity contribution in [2.75, 3.05) is 26.9 Å². The molecule has 1 aliphatic rings. The van der Waals surface area contributed by atoms with Crippen LogP contribution in [0.1, 0.15) is 41.3 Å². The lowest BCUT2D eigenvalue weighted by Gasteiger charge is -2.27. The van der Waals surface area contributed by atoms with Crippen molar-refractivity contribution in [3.8, 4) is 5.75 Å². The number of carbonyl (C=O) groups excluding carboxylic acids is 2. The van der Waals surface area contributed by atoms with E-state index in [2.05, 4.69) is 0 Å². The van der Waals surface area contributed by atoms with Gasteiger partial charge in [0.25, 0.3) is 5.91 Å². The Hall–Kier alpha value is -3.06. The molecule has 1 aliphatic heterocycles. The van der Waals surface area contributed by atoms with Gasteiger partial charge in [-0.15, -0.1) is 0 Å². The summed E-state index contributed by atoms with van der Waals surface area (Å²) in [4.78, 5) is 27.4. The molecule has 29 heavy (non-hydrogen) atoms. The second-order valence-electron chi connectivity index (χ2n) is 6.75. The van der Waals surface area contributed by atoms with Crippen LogP contribution in [-0.2, 0) is 9.53 Å². The maximum atomic E-state index is 13.1. The average molecular weight is 399 g/mol. The van der Waals surface area contributed by atoms with Crippen LogP contribution in [0.5, 0.6) is 5.75 Å². The molecule has 7 heteroatoms. The molecule has 1 aromatic carbocycles. The van der Waals surface area contributed by atoms with Crippen LogP contribution >= 0.6 is 0 Å². The molecular formula is C22H25NO6. The van der Waals surface area contributed by atoms with E-state index in [0.717, 1.165) is 0 Å². The lowest BCUT2D eigenvalue weighted by atomic mass is 9.95. The standard InChI is InChI=1S/C22H25NO6/c1-4-28-16-8-5-7-15(13-16)19-18(20(24)17-10-9-14(2)29-17)21(25)22(26)23(19)11-6-12-27-3/h5,7-10,13,19,25H,4,6,11-12H2,1-3H3. The molecule has 7 nitrogen and oxygen atoms in total. The molecule has 0 radical (unpaired) electrons. The normalized spacial score (nSPS) is 16.6. The van der Waals surface area contributed by atoms with E-state index in [9.17, 15) is 14.7 Å². The highest BCUT2D eigenvalue weighted by molar-refractivity contribution is 6.15. The molecule has 0 bridgehead atoms. The maximum Gasteiger partial charge on any atom is 0.290 e. The number of Topliss-reactive ketones (excluding diaryl/α,β-unsaturated/α-hetero) is 1. The maximum absolute atomic E-state index is 13.1. The van der Waals surface area contributed by atoms with E-state index in [4.69, 9.17) is 13.9 Å². The predicted octanol–water partition coefficient (Wildman–Crippen LogP) is 3.60. The Labute approximate surface area is 169 Å². The number of aryl methyl sites for hydroxylation is 1. The quantitative estimate of drug-likeness (QED) is 0.512. The first-order valence-corrected chi connectivity index (χ1v) is 9.54. The Morgan fingerprint density at radius 3 is 2.72 bits per heavy atom. The Morgan fingerprint density at radius 2 is 2.07 bits per heavy atom. The number of hydrogen-bond donors (Lipinski definition) is 1. The Morgan fingerprint density at radius 1 is 1.28 bits per heavy atom. The fourth-order valence-electron chi connectivity index (χ4n) is 3.47. The van der Waals surface area contributed by atoms with Crippen LogP contribution in [0.15, 0.2) is 52.1 Å². The van der Waals surface area contributed by atoms with Crippen molar-refractivity contribution in [2.24, 2.45) is 0 Å². The minimum Gasteiger partial charge on any atom is -0.503 e. The first-order chi connectivity index (χ1) is 14.0. The Bertz CT molecular complexity index is 929. The third-order valence-corrected chi connectivity index (χ3v) is 4.74. The van der Waals surface area contributed by atoms with E-state index in [1.165, 1.54) is 4.90 Å². The highest BCUT2D eigenvalue weighted by Crippen LogP contribution is 2.40. The fraction of sp³-hybridized carbons (Fsp3) is 0.364. The molecule has 3 rings (SSSR count). The molecule has 2 aromatic rings. The second-order valence-corrected chi connectivity index (χ2v) is 6.75. The zero-order chi connectivity index (χ0) is 21.0. The fourth-order valence-corrected chi connectivity index (χ4v) is 3.47. The summed E-state index contributed by atoms with van der Waals surface area (Å²) in [6.07, 6.45) is 0.568. The van der Waals surface area contributed by atoms with Gasteiger partial charge in [-0.05, 0) is 50.1 Å². The number of hydrogen-bond acceptors (Lipinski definition) is 6. The third kappa shape index (κ3) is 4.19. The van der Waals surface area contributed by atoms with Crippen LogP contribution in [0.2, 0.25) is 0 Å². The molecule has 154 valence electrons. The third-order valence-electron chi connectivity index (χ3n) is 4.74. The Kier molecular flexibility index (Phi) is 6.39. The van der Waals surface area contributed by atoms with Crippen molar-refractivity contribution < 1.29 is 28.6 Å². The highest BCUT2D eigenvalue weighted by atomic mass is 16.5. The minimum atomic E-state index is -0.738. The van der Waals surface area contributed by atoms with Gasteiger partial charge in [-0.25, -0.2) is 0 Å². The van der Waals surface area contributed by atoms with Gasteiger partial charge in [-0.2, -0.15) is 0 Å². The number of nitrogens with zero attached hydrogens (tertiary/aromatic N) is 1. The number of ketones is 1. The number of amides is 1. The second kappa shape index (κ2) is 8.96. The van der Waals surface area contributed by atoms with Gasteiger partial charge < -0.3 is 23.9 Å². The van der Waals surface area contributed by atoms with E-state index in [0.29, 0.717) is 43.3 Å². The number of carbonyl (C=O) groups is 2. The number of methoxy groups -OCH3 is 1. The van der Waals surface area contributed by atoms with Crippen LogP contribution in [-0.4, -0.2) is 48.6 Å². The van der Waals surface area contributed by atoms with E-state index in [1.54, 1.807) is 44.4 Å². The van der Waals surface area contributed by atoms with Crippen LogP contribution < -0.4 is 4.74 Å². The number of benzene rings is 1. The van der Waals surface area contributed by atoms with Gasteiger partial charge in [-0.1, -0.05) is 12.1 Å². The van der Waals surface area contributed by atoms with E-state index >= 15 is 0 Å². The largest absolute Gasteiger partial charge is 0.503 e. The minimum absolute atomic E-state index is 0.00964. The van der Waals surface area contributed by atoms with Crippen molar-refractivity contribution in [3.63, 3.8) is 0 Å². The molecule has 1 unspecified atom stereocenters. The van der Waals surface area contributed by atoms with Gasteiger partial charge in [0, 0.05) is 20.3 Å². The number of aliphatic hydroxyl groups excluding tert-OH is 1. The Balaban J connectivity index is 2.04. The van der Waals surface area contributed by atoms with Gasteiger partial charge in [0.1, 0.15) is 11.5 Å². The topological polar surface area (TPSA) is 89.2 Å². The summed E-state index contributed by atoms with van der Waals surface area (Å²) < 4.78 is 16.1. The molecule has 1 aromatic heterocycles. The predicted molar refractivity (Wildman–Crippen MR) is 106 cm³/mol. The SMILES string of the molecule is CCOc1cccc(C2C(C(=O)c3ccc(C)o3)=C(O)C(=O)N2CCCOC)c1. The molecule has 0 fully saturated rings. The number of ether oxygens (including phenoxy) is 2. The molecule has 0 saturated heterocycles. The smallest absolute Gasteiger partial charge is 0.290 e. The first kappa shape index (κ1) is 20.7. The van der Waals surface area contributed by atoms with E-state index in [1.807, 2.05) is 13.0 Å². The van der Waals surface area contributed by atoms with Gasteiger partial charge in [0.2, 0.25) is 5.78 Å². The number of furan rings is 1. The van der Waals surface area contributed by atoms with Crippen molar-refractivity contribution in [1.82, 2.24) is 4.90 Å². The van der Waals surface area contributed by atoms with Crippen LogP contribution in [0.25, 0.3) is 0 Å². The highest BCUT2D eigenvalue weighted by Gasteiger charge is 2.44.